The van der Waals surface area contributed by atoms with Crippen LogP contribution in [0, 0.1) is 10.1 Å². The van der Waals surface area contributed by atoms with Crippen molar-refractivity contribution in [3.05, 3.63) is 39.9 Å². The third-order valence-corrected chi connectivity index (χ3v) is 3.64. The van der Waals surface area contributed by atoms with Crippen molar-refractivity contribution in [1.29, 1.82) is 0 Å². The monoisotopic (exact) mass is 292 g/mol. The van der Waals surface area contributed by atoms with Crippen LogP contribution in [0.25, 0.3) is 0 Å². The van der Waals surface area contributed by atoms with E-state index in [1.165, 1.54) is 11.0 Å². The number of carboxylic acid groups (broad SMARTS) is 1. The van der Waals surface area contributed by atoms with Gasteiger partial charge in [-0.25, -0.2) is 0 Å². The summed E-state index contributed by atoms with van der Waals surface area (Å²) in [7, 11) is 0. The van der Waals surface area contributed by atoms with E-state index in [0.29, 0.717) is 18.5 Å². The first-order valence-corrected chi connectivity index (χ1v) is 6.72. The molecule has 2 rings (SSSR count). The first-order chi connectivity index (χ1) is 9.99. The van der Waals surface area contributed by atoms with Crippen LogP contribution in [0.15, 0.2) is 24.3 Å². The number of likely N-dealkylation sites (tertiary alicyclic amines) is 1. The van der Waals surface area contributed by atoms with Gasteiger partial charge in [-0.3, -0.25) is 19.7 Å². The molecule has 1 aromatic rings. The summed E-state index contributed by atoms with van der Waals surface area (Å²) in [6.07, 6.45) is 1.27. The molecule has 1 heterocycles. The van der Waals surface area contributed by atoms with Gasteiger partial charge in [-0.2, -0.15) is 0 Å². The first kappa shape index (κ1) is 15.0. The minimum absolute atomic E-state index is 0.0761. The lowest BCUT2D eigenvalue weighted by molar-refractivity contribution is -0.385. The molecular formula is C14H16N2O5. The highest BCUT2D eigenvalue weighted by Gasteiger charge is 2.31. The fraction of sp³-hybridized carbons (Fsp3) is 0.429. The number of carboxylic acids is 1. The van der Waals surface area contributed by atoms with Gasteiger partial charge in [0, 0.05) is 24.2 Å². The van der Waals surface area contributed by atoms with Crippen molar-refractivity contribution in [2.75, 3.05) is 6.54 Å². The molecule has 7 heteroatoms. The Morgan fingerprint density at radius 1 is 1.38 bits per heavy atom. The van der Waals surface area contributed by atoms with Gasteiger partial charge in [0.2, 0.25) is 5.91 Å². The van der Waals surface area contributed by atoms with Crippen LogP contribution in [-0.2, 0) is 16.0 Å². The predicted molar refractivity (Wildman–Crippen MR) is 73.8 cm³/mol. The summed E-state index contributed by atoms with van der Waals surface area (Å²) in [5.41, 5.74) is 0.272. The average Bonchev–Trinajstić information content (AvgIpc) is 2.86. The summed E-state index contributed by atoms with van der Waals surface area (Å²) in [5, 5.41) is 19.8. The Bertz CT molecular complexity index is 572. The molecule has 1 saturated heterocycles. The summed E-state index contributed by atoms with van der Waals surface area (Å²) >= 11 is 0. The van der Waals surface area contributed by atoms with E-state index in [1.807, 2.05) is 0 Å². The largest absolute Gasteiger partial charge is 0.481 e. The second-order valence-corrected chi connectivity index (χ2v) is 5.04. The van der Waals surface area contributed by atoms with E-state index in [0.717, 1.165) is 6.42 Å². The van der Waals surface area contributed by atoms with E-state index >= 15 is 0 Å². The van der Waals surface area contributed by atoms with Crippen molar-refractivity contribution < 1.29 is 19.6 Å². The fourth-order valence-electron chi connectivity index (χ4n) is 2.68. The number of hydrogen-bond acceptors (Lipinski definition) is 4. The maximum absolute atomic E-state index is 12.3. The number of rotatable bonds is 5. The zero-order chi connectivity index (χ0) is 15.4. The van der Waals surface area contributed by atoms with Crippen LogP contribution in [0.2, 0.25) is 0 Å². The number of nitrogens with zero attached hydrogens (tertiary/aromatic N) is 2. The molecule has 112 valence electrons. The van der Waals surface area contributed by atoms with Crippen molar-refractivity contribution in [2.45, 2.75) is 31.7 Å². The smallest absolute Gasteiger partial charge is 0.305 e. The van der Waals surface area contributed by atoms with Gasteiger partial charge in [0.25, 0.3) is 5.69 Å². The van der Waals surface area contributed by atoms with Gasteiger partial charge >= 0.3 is 5.97 Å². The van der Waals surface area contributed by atoms with E-state index in [9.17, 15) is 19.7 Å². The van der Waals surface area contributed by atoms with E-state index in [2.05, 4.69) is 0 Å². The number of amides is 1. The Kier molecular flexibility index (Phi) is 4.52. The lowest BCUT2D eigenvalue weighted by atomic mass is 10.1. The zero-order valence-corrected chi connectivity index (χ0v) is 11.4. The third kappa shape index (κ3) is 3.56. The molecule has 0 spiro atoms. The SMILES string of the molecule is O=C(O)CC1CCCN1C(=O)Cc1ccccc1[N+](=O)[O-]. The molecule has 0 radical (unpaired) electrons. The van der Waals surface area contributed by atoms with Gasteiger partial charge < -0.3 is 10.0 Å². The first-order valence-electron chi connectivity index (χ1n) is 6.72. The molecule has 0 saturated carbocycles. The number of para-hydroxylation sites is 1. The molecule has 1 atom stereocenters. The highest BCUT2D eigenvalue weighted by molar-refractivity contribution is 5.81. The van der Waals surface area contributed by atoms with E-state index in [4.69, 9.17) is 5.11 Å². The molecule has 0 aromatic heterocycles. The second kappa shape index (κ2) is 6.34. The number of carbonyl (C=O) groups is 2. The van der Waals surface area contributed by atoms with Crippen molar-refractivity contribution in [1.82, 2.24) is 4.90 Å². The minimum atomic E-state index is -0.939. The van der Waals surface area contributed by atoms with Gasteiger partial charge in [0.1, 0.15) is 0 Å². The fourth-order valence-corrected chi connectivity index (χ4v) is 2.68. The Balaban J connectivity index is 2.11. The quantitative estimate of drug-likeness (QED) is 0.656. The van der Waals surface area contributed by atoms with Gasteiger partial charge in [-0.05, 0) is 12.8 Å². The summed E-state index contributed by atoms with van der Waals surface area (Å²) in [6.45, 7) is 0.511. The molecule has 7 nitrogen and oxygen atoms in total. The van der Waals surface area contributed by atoms with Crippen LogP contribution < -0.4 is 0 Å². The van der Waals surface area contributed by atoms with Crippen LogP contribution in [0.1, 0.15) is 24.8 Å². The normalized spacial score (nSPS) is 17.7. The molecular weight excluding hydrogens is 276 g/mol. The Morgan fingerprint density at radius 3 is 2.76 bits per heavy atom. The van der Waals surface area contributed by atoms with Gasteiger partial charge in [0.05, 0.1) is 17.8 Å². The molecule has 1 amide bonds. The maximum atomic E-state index is 12.3. The molecule has 1 aliphatic rings. The highest BCUT2D eigenvalue weighted by Crippen LogP contribution is 2.24. The Hall–Kier alpha value is -2.44. The van der Waals surface area contributed by atoms with Crippen LogP contribution in [0.3, 0.4) is 0 Å². The van der Waals surface area contributed by atoms with Crippen LogP contribution in [0.5, 0.6) is 0 Å². The molecule has 21 heavy (non-hydrogen) atoms. The molecule has 1 unspecified atom stereocenters. The van der Waals surface area contributed by atoms with Gasteiger partial charge in [-0.15, -0.1) is 0 Å². The summed E-state index contributed by atoms with van der Waals surface area (Å²) in [6, 6.07) is 5.81. The van der Waals surface area contributed by atoms with Crippen LogP contribution in [0.4, 0.5) is 5.69 Å². The van der Waals surface area contributed by atoms with Crippen molar-refractivity contribution in [2.24, 2.45) is 0 Å². The van der Waals surface area contributed by atoms with E-state index in [1.54, 1.807) is 18.2 Å². The van der Waals surface area contributed by atoms with E-state index < -0.39 is 10.9 Å². The minimum Gasteiger partial charge on any atom is -0.481 e. The summed E-state index contributed by atoms with van der Waals surface area (Å²) in [4.78, 5) is 35.0. The summed E-state index contributed by atoms with van der Waals surface area (Å²) in [5.74, 6) is -1.20. The predicted octanol–water partition coefficient (Wildman–Crippen LogP) is 1.60. The lowest BCUT2D eigenvalue weighted by Crippen LogP contribution is -2.37. The molecule has 0 aliphatic carbocycles. The molecule has 1 aromatic carbocycles. The average molecular weight is 292 g/mol. The standard InChI is InChI=1S/C14H16N2O5/c17-13(15-7-3-5-11(15)9-14(18)19)8-10-4-1-2-6-12(10)16(20)21/h1-2,4,6,11H,3,5,7-9H2,(H,18,19). The Labute approximate surface area is 121 Å². The van der Waals surface area contributed by atoms with Crippen LogP contribution in [-0.4, -0.2) is 39.4 Å². The number of nitro benzene ring substituents is 1. The highest BCUT2D eigenvalue weighted by atomic mass is 16.6. The molecule has 1 N–H and O–H groups in total. The number of carbonyl (C=O) groups excluding carboxylic acids is 1. The van der Waals surface area contributed by atoms with Crippen molar-refractivity contribution in [3.63, 3.8) is 0 Å². The van der Waals surface area contributed by atoms with Gasteiger partial charge in [0.15, 0.2) is 0 Å². The van der Waals surface area contributed by atoms with Crippen molar-refractivity contribution in [3.8, 4) is 0 Å². The molecule has 1 fully saturated rings. The van der Waals surface area contributed by atoms with Gasteiger partial charge in [-0.1, -0.05) is 18.2 Å². The molecule has 0 bridgehead atoms. The third-order valence-electron chi connectivity index (χ3n) is 3.64. The molecule has 1 aliphatic heterocycles. The number of hydrogen-bond donors (Lipinski definition) is 1. The lowest BCUT2D eigenvalue weighted by Gasteiger charge is -2.23. The van der Waals surface area contributed by atoms with E-state index in [-0.39, 0.29) is 30.5 Å². The number of benzene rings is 1. The Morgan fingerprint density at radius 2 is 2.10 bits per heavy atom. The zero-order valence-electron chi connectivity index (χ0n) is 11.4. The maximum Gasteiger partial charge on any atom is 0.305 e. The summed E-state index contributed by atoms with van der Waals surface area (Å²) < 4.78 is 0. The van der Waals surface area contributed by atoms with Crippen molar-refractivity contribution >= 4 is 17.6 Å². The number of nitro groups is 1. The van der Waals surface area contributed by atoms with Crippen LogP contribution >= 0.6 is 0 Å². The topological polar surface area (TPSA) is 101 Å². The number of aliphatic carboxylic acids is 1. The second-order valence-electron chi connectivity index (χ2n) is 5.04.